The smallest absolute Gasteiger partial charge is 0.253 e. The van der Waals surface area contributed by atoms with Crippen LogP contribution in [0.15, 0.2) is 0 Å². The fourth-order valence-corrected chi connectivity index (χ4v) is 2.13. The molecule has 100 valence electrons. The van der Waals surface area contributed by atoms with Gasteiger partial charge in [0.2, 0.25) is 0 Å². The fourth-order valence-electron chi connectivity index (χ4n) is 2.13. The second-order valence-electron chi connectivity index (χ2n) is 4.20. The van der Waals surface area contributed by atoms with Gasteiger partial charge in [-0.3, -0.25) is 15.1 Å². The maximum Gasteiger partial charge on any atom is 0.253 e. The van der Waals surface area contributed by atoms with E-state index in [4.69, 9.17) is 15.3 Å². The maximum atomic E-state index is 11.7. The Hall–Kier alpha value is -0.690. The van der Waals surface area contributed by atoms with Gasteiger partial charge in [-0.15, -0.1) is 0 Å². The first-order valence-corrected chi connectivity index (χ1v) is 6.08. The number of nitrogens with two attached hydrogens (primary N) is 1. The third kappa shape index (κ3) is 4.23. The second-order valence-corrected chi connectivity index (χ2v) is 4.20. The number of hydrogen-bond acceptors (Lipinski definition) is 5. The topological polar surface area (TPSA) is 76.8 Å². The van der Waals surface area contributed by atoms with Crippen LogP contribution in [0.1, 0.15) is 19.8 Å². The third-order valence-electron chi connectivity index (χ3n) is 3.08. The van der Waals surface area contributed by atoms with Gasteiger partial charge >= 0.3 is 0 Å². The molecule has 6 heteroatoms. The van der Waals surface area contributed by atoms with Crippen molar-refractivity contribution in [1.82, 2.24) is 10.3 Å². The summed E-state index contributed by atoms with van der Waals surface area (Å²) in [6.45, 7) is 4.69. The van der Waals surface area contributed by atoms with Crippen LogP contribution in [0.4, 0.5) is 0 Å². The molecular formula is C11H23N3O3. The third-order valence-corrected chi connectivity index (χ3v) is 3.08. The predicted octanol–water partition coefficient (Wildman–Crippen LogP) is -0.508. The molecule has 0 aromatic carbocycles. The molecule has 0 saturated carbocycles. The molecule has 1 amide bonds. The average molecular weight is 245 g/mol. The molecule has 1 saturated heterocycles. The van der Waals surface area contributed by atoms with E-state index in [2.05, 4.69) is 5.43 Å². The fraction of sp³-hybridized carbons (Fsp3) is 0.909. The van der Waals surface area contributed by atoms with Gasteiger partial charge in [-0.05, 0) is 19.4 Å². The number of hydrogen-bond donors (Lipinski definition) is 2. The number of carbonyl (C=O) groups excluding carboxylic acids is 1. The number of ether oxygens (including phenoxy) is 2. The van der Waals surface area contributed by atoms with Crippen LogP contribution >= 0.6 is 0 Å². The van der Waals surface area contributed by atoms with Gasteiger partial charge < -0.3 is 9.47 Å². The Kier molecular flexibility index (Phi) is 6.43. The maximum absolute atomic E-state index is 11.7. The molecule has 1 rings (SSSR count). The molecule has 0 aromatic rings. The molecule has 1 aliphatic rings. The number of nitrogens with one attached hydrogen (secondary N) is 1. The predicted molar refractivity (Wildman–Crippen MR) is 64.2 cm³/mol. The summed E-state index contributed by atoms with van der Waals surface area (Å²) in [6, 6.07) is -0.348. The quantitative estimate of drug-likeness (QED) is 0.359. The summed E-state index contributed by atoms with van der Waals surface area (Å²) in [4.78, 5) is 13.7. The molecule has 0 bridgehead atoms. The van der Waals surface area contributed by atoms with Crippen molar-refractivity contribution in [2.24, 2.45) is 5.84 Å². The van der Waals surface area contributed by atoms with Gasteiger partial charge in [0.1, 0.15) is 6.04 Å². The second kappa shape index (κ2) is 7.60. The van der Waals surface area contributed by atoms with E-state index < -0.39 is 0 Å². The zero-order valence-electron chi connectivity index (χ0n) is 10.6. The molecule has 1 heterocycles. The van der Waals surface area contributed by atoms with Crippen molar-refractivity contribution >= 4 is 5.91 Å². The summed E-state index contributed by atoms with van der Waals surface area (Å²) in [5.74, 6) is 4.97. The lowest BCUT2D eigenvalue weighted by molar-refractivity contribution is -0.129. The van der Waals surface area contributed by atoms with Gasteiger partial charge in [-0.1, -0.05) is 6.92 Å². The van der Waals surface area contributed by atoms with Gasteiger partial charge in [0.15, 0.2) is 0 Å². The van der Waals surface area contributed by atoms with E-state index in [1.165, 1.54) is 0 Å². The van der Waals surface area contributed by atoms with Gasteiger partial charge in [-0.25, -0.2) is 5.84 Å². The molecule has 0 aromatic heterocycles. The number of amides is 1. The number of likely N-dealkylation sites (N-methyl/N-ethyl adjacent to an activating group) is 1. The van der Waals surface area contributed by atoms with E-state index in [0.717, 1.165) is 32.5 Å². The molecule has 17 heavy (non-hydrogen) atoms. The zero-order valence-corrected chi connectivity index (χ0v) is 10.6. The number of nitrogens with zero attached hydrogens (tertiary/aromatic N) is 1. The number of methoxy groups -OCH3 is 1. The van der Waals surface area contributed by atoms with Gasteiger partial charge in [0.05, 0.1) is 12.7 Å². The Bertz CT molecular complexity index is 232. The van der Waals surface area contributed by atoms with Crippen molar-refractivity contribution in [3.63, 3.8) is 0 Å². The van der Waals surface area contributed by atoms with E-state index in [1.54, 1.807) is 7.11 Å². The Morgan fingerprint density at radius 3 is 2.94 bits per heavy atom. The van der Waals surface area contributed by atoms with Crippen LogP contribution in [0.2, 0.25) is 0 Å². The monoisotopic (exact) mass is 245 g/mol. The van der Waals surface area contributed by atoms with Gasteiger partial charge in [-0.2, -0.15) is 0 Å². The van der Waals surface area contributed by atoms with E-state index in [0.29, 0.717) is 6.61 Å². The van der Waals surface area contributed by atoms with Crippen LogP contribution in [0.5, 0.6) is 0 Å². The first-order valence-electron chi connectivity index (χ1n) is 6.08. The molecule has 1 fully saturated rings. The lowest BCUT2D eigenvalue weighted by Gasteiger charge is -2.30. The highest BCUT2D eigenvalue weighted by Crippen LogP contribution is 2.14. The standard InChI is InChI=1S/C11H23N3O3/c1-3-14(7-9-5-4-6-17-9)10(8-16-2)11(15)13-12/h9-10H,3-8,12H2,1-2H3,(H,13,15). The molecule has 0 radical (unpaired) electrons. The summed E-state index contributed by atoms with van der Waals surface area (Å²) in [5, 5.41) is 0. The normalized spacial score (nSPS) is 21.8. The summed E-state index contributed by atoms with van der Waals surface area (Å²) in [7, 11) is 1.58. The minimum atomic E-state index is -0.348. The van der Waals surface area contributed by atoms with E-state index in [1.807, 2.05) is 11.8 Å². The molecule has 3 N–H and O–H groups in total. The van der Waals surface area contributed by atoms with E-state index in [9.17, 15) is 4.79 Å². The average Bonchev–Trinajstić information content (AvgIpc) is 2.85. The lowest BCUT2D eigenvalue weighted by atomic mass is 10.2. The number of hydrazine groups is 1. The molecule has 0 spiro atoms. The summed E-state index contributed by atoms with van der Waals surface area (Å²) >= 11 is 0. The largest absolute Gasteiger partial charge is 0.383 e. The summed E-state index contributed by atoms with van der Waals surface area (Å²) < 4.78 is 10.7. The minimum Gasteiger partial charge on any atom is -0.383 e. The molecule has 2 unspecified atom stereocenters. The molecule has 0 aliphatic carbocycles. The van der Waals surface area contributed by atoms with Crippen molar-refractivity contribution in [3.8, 4) is 0 Å². The van der Waals surface area contributed by atoms with Gasteiger partial charge in [0, 0.05) is 20.3 Å². The summed E-state index contributed by atoms with van der Waals surface area (Å²) in [5.41, 5.74) is 2.19. The van der Waals surface area contributed by atoms with Crippen molar-refractivity contribution in [2.45, 2.75) is 31.9 Å². The van der Waals surface area contributed by atoms with Crippen molar-refractivity contribution in [3.05, 3.63) is 0 Å². The van der Waals surface area contributed by atoms with Crippen LogP contribution in [0, 0.1) is 0 Å². The zero-order chi connectivity index (χ0) is 12.7. The van der Waals surface area contributed by atoms with Crippen LogP contribution in [0.3, 0.4) is 0 Å². The van der Waals surface area contributed by atoms with E-state index in [-0.39, 0.29) is 18.1 Å². The Labute approximate surface area is 102 Å². The van der Waals surface area contributed by atoms with Crippen molar-refractivity contribution in [1.29, 1.82) is 0 Å². The Morgan fingerprint density at radius 2 is 2.47 bits per heavy atom. The number of rotatable bonds is 7. The minimum absolute atomic E-state index is 0.216. The van der Waals surface area contributed by atoms with Crippen LogP contribution < -0.4 is 11.3 Å². The molecular weight excluding hydrogens is 222 g/mol. The highest BCUT2D eigenvalue weighted by molar-refractivity contribution is 5.81. The van der Waals surface area contributed by atoms with Crippen LogP contribution in [0.25, 0.3) is 0 Å². The van der Waals surface area contributed by atoms with Crippen LogP contribution in [-0.2, 0) is 14.3 Å². The SMILES string of the molecule is CCN(CC1CCCO1)C(COC)C(=O)NN. The van der Waals surface area contributed by atoms with Crippen LogP contribution in [-0.4, -0.2) is 56.4 Å². The Balaban J connectivity index is 2.56. The lowest BCUT2D eigenvalue weighted by Crippen LogP contribution is -2.53. The highest BCUT2D eigenvalue weighted by atomic mass is 16.5. The van der Waals surface area contributed by atoms with Gasteiger partial charge in [0.25, 0.3) is 5.91 Å². The molecule has 1 aliphatic heterocycles. The van der Waals surface area contributed by atoms with Crippen molar-refractivity contribution < 1.29 is 14.3 Å². The molecule has 2 atom stereocenters. The molecule has 6 nitrogen and oxygen atoms in total. The highest BCUT2D eigenvalue weighted by Gasteiger charge is 2.28. The first kappa shape index (κ1) is 14.4. The first-order chi connectivity index (χ1) is 8.22. The summed E-state index contributed by atoms with van der Waals surface area (Å²) in [6.07, 6.45) is 2.38. The number of carbonyl (C=O) groups is 1. The van der Waals surface area contributed by atoms with Crippen molar-refractivity contribution in [2.75, 3.05) is 33.4 Å². The van der Waals surface area contributed by atoms with E-state index >= 15 is 0 Å². The Morgan fingerprint density at radius 1 is 1.71 bits per heavy atom.